The summed E-state index contributed by atoms with van der Waals surface area (Å²) < 4.78 is 12.6. The number of imide groups is 1. The van der Waals surface area contributed by atoms with Crippen molar-refractivity contribution in [3.8, 4) is 11.5 Å². The molecule has 1 aromatic heterocycles. The van der Waals surface area contributed by atoms with Gasteiger partial charge in [0.2, 0.25) is 12.7 Å². The van der Waals surface area contributed by atoms with Crippen molar-refractivity contribution < 1.29 is 23.9 Å². The Bertz CT molecular complexity index is 1680. The molecule has 8 nitrogen and oxygen atoms in total. The largest absolute Gasteiger partial charge is 0.454 e. The smallest absolute Gasteiger partial charge is 0.293 e. The maximum atomic E-state index is 13.2. The first kappa shape index (κ1) is 25.1. The van der Waals surface area contributed by atoms with Crippen LogP contribution in [0.4, 0.5) is 10.5 Å². The van der Waals surface area contributed by atoms with Crippen LogP contribution in [-0.4, -0.2) is 33.3 Å². The number of ether oxygens (including phenoxy) is 2. The van der Waals surface area contributed by atoms with Crippen LogP contribution >= 0.6 is 23.4 Å². The molecule has 196 valence electrons. The number of carbonyl (C=O) groups is 3. The summed E-state index contributed by atoms with van der Waals surface area (Å²) in [5.74, 6) is 0.662. The molecular weight excluding hydrogens is 538 g/mol. The predicted molar refractivity (Wildman–Crippen MR) is 151 cm³/mol. The maximum absolute atomic E-state index is 13.2. The Kier molecular flexibility index (Phi) is 6.54. The molecule has 0 unspecified atom stereocenters. The minimum atomic E-state index is -0.350. The third-order valence-corrected chi connectivity index (χ3v) is 7.80. The van der Waals surface area contributed by atoms with E-state index in [2.05, 4.69) is 5.32 Å². The third kappa shape index (κ3) is 4.86. The number of nitrogens with zero attached hydrogens (tertiary/aromatic N) is 2. The van der Waals surface area contributed by atoms with Gasteiger partial charge in [0.05, 0.1) is 11.4 Å². The molecule has 3 amide bonds. The molecule has 0 radical (unpaired) electrons. The lowest BCUT2D eigenvalue weighted by Crippen LogP contribution is -2.27. The van der Waals surface area contributed by atoms with Gasteiger partial charge in [0, 0.05) is 38.9 Å². The van der Waals surface area contributed by atoms with Gasteiger partial charge in [-0.3, -0.25) is 19.3 Å². The maximum Gasteiger partial charge on any atom is 0.293 e. The Labute approximate surface area is 233 Å². The zero-order valence-corrected chi connectivity index (χ0v) is 22.3. The molecule has 3 aromatic carbocycles. The first-order chi connectivity index (χ1) is 18.9. The Morgan fingerprint density at radius 2 is 1.82 bits per heavy atom. The van der Waals surface area contributed by atoms with Crippen LogP contribution in [0.1, 0.15) is 16.8 Å². The molecule has 0 aliphatic carbocycles. The molecule has 2 aliphatic heterocycles. The van der Waals surface area contributed by atoms with Gasteiger partial charge >= 0.3 is 0 Å². The van der Waals surface area contributed by atoms with E-state index < -0.39 is 0 Å². The summed E-state index contributed by atoms with van der Waals surface area (Å²) in [5, 5.41) is 4.05. The monoisotopic (exact) mass is 559 g/mol. The molecule has 6 rings (SSSR count). The molecule has 10 heteroatoms. The van der Waals surface area contributed by atoms with Crippen LogP contribution in [0, 0.1) is 6.92 Å². The minimum absolute atomic E-state index is 0.0622. The van der Waals surface area contributed by atoms with Gasteiger partial charge in [-0.15, -0.1) is 0 Å². The Hall–Kier alpha value is -4.21. The average Bonchev–Trinajstić information content (AvgIpc) is 3.57. The summed E-state index contributed by atoms with van der Waals surface area (Å²) in [5.41, 5.74) is 3.86. The van der Waals surface area contributed by atoms with E-state index in [4.69, 9.17) is 21.1 Å². The van der Waals surface area contributed by atoms with Crippen molar-refractivity contribution in [3.05, 3.63) is 93.5 Å². The SMILES string of the molecule is Cc1c(/C=C2\SC(=O)N(Cc3ccc(Cl)cc3)C2=O)c2ccccc2n1CC(=O)Nc1ccc2c(c1)OCO2. The van der Waals surface area contributed by atoms with Crippen molar-refractivity contribution in [2.75, 3.05) is 12.1 Å². The molecule has 1 fully saturated rings. The Morgan fingerprint density at radius 1 is 1.05 bits per heavy atom. The molecule has 3 heterocycles. The van der Waals surface area contributed by atoms with E-state index in [1.807, 2.05) is 35.8 Å². The highest BCUT2D eigenvalue weighted by molar-refractivity contribution is 8.18. The molecule has 4 aromatic rings. The number of thioether (sulfide) groups is 1. The van der Waals surface area contributed by atoms with Crippen LogP contribution in [0.25, 0.3) is 17.0 Å². The molecule has 1 N–H and O–H groups in total. The number of amides is 3. The quantitative estimate of drug-likeness (QED) is 0.283. The number of benzene rings is 3. The van der Waals surface area contributed by atoms with Crippen molar-refractivity contribution in [2.45, 2.75) is 20.0 Å². The normalized spacial score (nSPS) is 15.5. The predicted octanol–water partition coefficient (Wildman–Crippen LogP) is 6.21. The number of halogens is 1. The van der Waals surface area contributed by atoms with Crippen LogP contribution in [0.3, 0.4) is 0 Å². The summed E-state index contributed by atoms with van der Waals surface area (Å²) in [7, 11) is 0. The van der Waals surface area contributed by atoms with E-state index in [1.165, 1.54) is 4.90 Å². The molecule has 39 heavy (non-hydrogen) atoms. The molecule has 0 saturated carbocycles. The second-order valence-corrected chi connectivity index (χ2v) is 10.5. The average molecular weight is 560 g/mol. The number of hydrogen-bond donors (Lipinski definition) is 1. The van der Waals surface area contributed by atoms with Crippen molar-refractivity contribution in [3.63, 3.8) is 0 Å². The van der Waals surface area contributed by atoms with E-state index in [9.17, 15) is 14.4 Å². The van der Waals surface area contributed by atoms with Crippen molar-refractivity contribution in [1.82, 2.24) is 9.47 Å². The number of anilines is 1. The van der Waals surface area contributed by atoms with E-state index in [1.54, 1.807) is 48.5 Å². The number of rotatable bonds is 6. The molecule has 0 bridgehead atoms. The Morgan fingerprint density at radius 3 is 2.64 bits per heavy atom. The molecule has 0 spiro atoms. The number of para-hydroxylation sites is 1. The van der Waals surface area contributed by atoms with Crippen molar-refractivity contribution >= 4 is 63.1 Å². The van der Waals surface area contributed by atoms with Crippen molar-refractivity contribution in [1.29, 1.82) is 0 Å². The first-order valence-electron chi connectivity index (χ1n) is 12.1. The van der Waals surface area contributed by atoms with E-state index in [0.717, 1.165) is 39.5 Å². The molecule has 0 atom stereocenters. The van der Waals surface area contributed by atoms with E-state index in [-0.39, 0.29) is 36.9 Å². The molecule has 2 aliphatic rings. The zero-order valence-electron chi connectivity index (χ0n) is 20.8. The molecular formula is C29H22ClN3O5S. The number of carbonyl (C=O) groups excluding carboxylic acids is 3. The summed E-state index contributed by atoms with van der Waals surface area (Å²) >= 11 is 6.87. The van der Waals surface area contributed by atoms with Gasteiger partial charge in [0.25, 0.3) is 11.1 Å². The summed E-state index contributed by atoms with van der Waals surface area (Å²) in [4.78, 5) is 40.5. The van der Waals surface area contributed by atoms with Crippen LogP contribution in [0.15, 0.2) is 71.6 Å². The second-order valence-electron chi connectivity index (χ2n) is 9.11. The van der Waals surface area contributed by atoms with E-state index >= 15 is 0 Å². The summed E-state index contributed by atoms with van der Waals surface area (Å²) in [6.45, 7) is 2.29. The van der Waals surface area contributed by atoms with Gasteiger partial charge in [0.15, 0.2) is 11.5 Å². The number of hydrogen-bond acceptors (Lipinski definition) is 6. The second kappa shape index (κ2) is 10.2. The highest BCUT2D eigenvalue weighted by Gasteiger charge is 2.35. The zero-order chi connectivity index (χ0) is 27.1. The number of nitrogens with one attached hydrogen (secondary N) is 1. The standard InChI is InChI=1S/C29H22ClN3O5S/c1-17-22(13-26-28(35)33(29(36)39-26)14-18-6-8-19(30)9-7-18)21-4-2-3-5-23(21)32(17)15-27(34)31-20-10-11-24-25(12-20)38-16-37-24/h2-13H,14-16H2,1H3,(H,31,34)/b26-13-. The lowest BCUT2D eigenvalue weighted by molar-refractivity contribution is -0.123. The Balaban J connectivity index is 1.26. The highest BCUT2D eigenvalue weighted by Crippen LogP contribution is 2.37. The van der Waals surface area contributed by atoms with Crippen LogP contribution in [0.5, 0.6) is 11.5 Å². The van der Waals surface area contributed by atoms with Crippen LogP contribution in [0.2, 0.25) is 5.02 Å². The van der Waals surface area contributed by atoms with Gasteiger partial charge in [-0.2, -0.15) is 0 Å². The van der Waals surface area contributed by atoms with Gasteiger partial charge in [-0.05, 0) is 60.7 Å². The van der Waals surface area contributed by atoms with Gasteiger partial charge < -0.3 is 19.4 Å². The van der Waals surface area contributed by atoms with Gasteiger partial charge in [-0.1, -0.05) is 41.9 Å². The van der Waals surface area contributed by atoms with Crippen LogP contribution in [-0.2, 0) is 22.7 Å². The highest BCUT2D eigenvalue weighted by atomic mass is 35.5. The van der Waals surface area contributed by atoms with Crippen LogP contribution < -0.4 is 14.8 Å². The number of aromatic nitrogens is 1. The third-order valence-electron chi connectivity index (χ3n) is 6.64. The van der Waals surface area contributed by atoms with E-state index in [0.29, 0.717) is 27.1 Å². The first-order valence-corrected chi connectivity index (χ1v) is 13.3. The number of fused-ring (bicyclic) bond motifs is 2. The topological polar surface area (TPSA) is 89.9 Å². The van der Waals surface area contributed by atoms with Gasteiger partial charge in [0.1, 0.15) is 6.54 Å². The van der Waals surface area contributed by atoms with Gasteiger partial charge in [-0.25, -0.2) is 0 Å². The fraction of sp³-hybridized carbons (Fsp3) is 0.138. The fourth-order valence-corrected chi connectivity index (χ4v) is 5.65. The lowest BCUT2D eigenvalue weighted by Gasteiger charge is -2.12. The lowest BCUT2D eigenvalue weighted by atomic mass is 10.1. The fourth-order valence-electron chi connectivity index (χ4n) is 4.70. The minimum Gasteiger partial charge on any atom is -0.454 e. The molecule has 1 saturated heterocycles. The van der Waals surface area contributed by atoms with Crippen molar-refractivity contribution in [2.24, 2.45) is 0 Å². The summed E-state index contributed by atoms with van der Waals surface area (Å²) in [6, 6.07) is 20.0. The summed E-state index contributed by atoms with van der Waals surface area (Å²) in [6.07, 6.45) is 1.75.